The van der Waals surface area contributed by atoms with Gasteiger partial charge in [-0.05, 0) is 30.4 Å². The first kappa shape index (κ1) is 7.10. The van der Waals surface area contributed by atoms with Crippen molar-refractivity contribution in [2.75, 3.05) is 0 Å². The van der Waals surface area contributed by atoms with Crippen molar-refractivity contribution in [1.29, 1.82) is 0 Å². The zero-order valence-corrected chi connectivity index (χ0v) is 7.14. The van der Waals surface area contributed by atoms with Crippen LogP contribution in [0.5, 0.6) is 0 Å². The van der Waals surface area contributed by atoms with Gasteiger partial charge in [-0.1, -0.05) is 0 Å². The van der Waals surface area contributed by atoms with Gasteiger partial charge in [0.25, 0.3) is 0 Å². The lowest BCUT2D eigenvalue weighted by atomic mass is 10.2. The molecule has 1 aromatic heterocycles. The van der Waals surface area contributed by atoms with E-state index in [2.05, 4.69) is 19.2 Å². The van der Waals surface area contributed by atoms with Gasteiger partial charge >= 0.3 is 0 Å². The highest BCUT2D eigenvalue weighted by atomic mass is 35.5. The molecule has 0 amide bonds. The fourth-order valence-electron chi connectivity index (χ4n) is 0.694. The van der Waals surface area contributed by atoms with E-state index in [1.807, 2.05) is 0 Å². The predicted octanol–water partition coefficient (Wildman–Crippen LogP) is 3.10. The number of rotatable bonds is 1. The Morgan fingerprint density at radius 1 is 1.56 bits per heavy atom. The third-order valence-corrected chi connectivity index (χ3v) is 2.88. The molecule has 0 aliphatic carbocycles. The molecular formula is C7H9ClS. The highest BCUT2D eigenvalue weighted by Gasteiger charge is 2.00. The maximum Gasteiger partial charge on any atom is 0.0485 e. The van der Waals surface area contributed by atoms with Crippen LogP contribution in [0.3, 0.4) is 0 Å². The molecule has 0 nitrogen and oxygen atoms in total. The molecule has 0 N–H and O–H groups in total. The number of hydrogen-bond donors (Lipinski definition) is 0. The lowest BCUT2D eigenvalue weighted by Gasteiger charge is -1.90. The van der Waals surface area contributed by atoms with Crippen molar-refractivity contribution in [3.05, 3.63) is 21.4 Å². The van der Waals surface area contributed by atoms with E-state index in [4.69, 9.17) is 11.6 Å². The smallest absolute Gasteiger partial charge is 0.0485 e. The predicted molar refractivity (Wildman–Crippen MR) is 43.4 cm³/mol. The van der Waals surface area contributed by atoms with Gasteiger partial charge in [0, 0.05) is 10.8 Å². The van der Waals surface area contributed by atoms with Gasteiger partial charge in [-0.15, -0.1) is 22.9 Å². The summed E-state index contributed by atoms with van der Waals surface area (Å²) in [5.41, 5.74) is 2.63. The van der Waals surface area contributed by atoms with Crippen molar-refractivity contribution in [1.82, 2.24) is 0 Å². The van der Waals surface area contributed by atoms with E-state index < -0.39 is 0 Å². The van der Waals surface area contributed by atoms with E-state index in [-0.39, 0.29) is 0 Å². The molecule has 0 fully saturated rings. The molecule has 50 valence electrons. The normalized spacial score (nSPS) is 10.1. The molecule has 1 rings (SSSR count). The van der Waals surface area contributed by atoms with Crippen LogP contribution < -0.4 is 0 Å². The molecule has 1 aromatic rings. The first-order valence-electron chi connectivity index (χ1n) is 2.85. The van der Waals surface area contributed by atoms with Crippen LogP contribution in [0.25, 0.3) is 0 Å². The largest absolute Gasteiger partial charge is 0.149 e. The van der Waals surface area contributed by atoms with Crippen molar-refractivity contribution in [2.45, 2.75) is 19.7 Å². The number of halogens is 1. The Morgan fingerprint density at radius 2 is 2.22 bits per heavy atom. The van der Waals surface area contributed by atoms with E-state index in [1.165, 1.54) is 16.0 Å². The summed E-state index contributed by atoms with van der Waals surface area (Å²) in [6.07, 6.45) is 0. The number of thiophene rings is 1. The second kappa shape index (κ2) is 2.72. The van der Waals surface area contributed by atoms with Crippen LogP contribution in [0.1, 0.15) is 16.0 Å². The average molecular weight is 161 g/mol. The Bertz CT molecular complexity index is 203. The molecule has 2 heteroatoms. The SMILES string of the molecule is Cc1scc(CCl)c1C. The molecule has 0 aromatic carbocycles. The Morgan fingerprint density at radius 3 is 2.44 bits per heavy atom. The molecule has 0 atom stereocenters. The van der Waals surface area contributed by atoms with E-state index in [9.17, 15) is 0 Å². The van der Waals surface area contributed by atoms with Crippen molar-refractivity contribution in [2.24, 2.45) is 0 Å². The highest BCUT2D eigenvalue weighted by Crippen LogP contribution is 2.21. The van der Waals surface area contributed by atoms with Crippen LogP contribution in [-0.4, -0.2) is 0 Å². The summed E-state index contributed by atoms with van der Waals surface area (Å²) in [6.45, 7) is 4.24. The van der Waals surface area contributed by atoms with Gasteiger partial charge in [-0.3, -0.25) is 0 Å². The van der Waals surface area contributed by atoms with Gasteiger partial charge in [0.15, 0.2) is 0 Å². The molecule has 0 bridgehead atoms. The molecule has 0 unspecified atom stereocenters. The van der Waals surface area contributed by atoms with E-state index in [0.29, 0.717) is 5.88 Å². The van der Waals surface area contributed by atoms with Crippen molar-refractivity contribution >= 4 is 22.9 Å². The molecule has 0 saturated carbocycles. The van der Waals surface area contributed by atoms with Crippen LogP contribution in [-0.2, 0) is 5.88 Å². The molecule has 0 aliphatic heterocycles. The topological polar surface area (TPSA) is 0 Å². The molecule has 0 aliphatic rings. The van der Waals surface area contributed by atoms with Crippen LogP contribution in [0, 0.1) is 13.8 Å². The Kier molecular flexibility index (Phi) is 2.14. The van der Waals surface area contributed by atoms with Gasteiger partial charge in [-0.25, -0.2) is 0 Å². The second-order valence-electron chi connectivity index (χ2n) is 2.08. The Labute approximate surface area is 64.5 Å². The molecule has 1 heterocycles. The van der Waals surface area contributed by atoms with Gasteiger partial charge in [0.05, 0.1) is 0 Å². The van der Waals surface area contributed by atoms with Gasteiger partial charge < -0.3 is 0 Å². The third kappa shape index (κ3) is 1.28. The molecule has 0 spiro atoms. The Hall–Kier alpha value is -0.0100. The summed E-state index contributed by atoms with van der Waals surface area (Å²) < 4.78 is 0. The van der Waals surface area contributed by atoms with Gasteiger partial charge in [0.1, 0.15) is 0 Å². The van der Waals surface area contributed by atoms with E-state index >= 15 is 0 Å². The van der Waals surface area contributed by atoms with Crippen LogP contribution in [0.4, 0.5) is 0 Å². The second-order valence-corrected chi connectivity index (χ2v) is 3.43. The van der Waals surface area contributed by atoms with Crippen LogP contribution >= 0.6 is 22.9 Å². The monoisotopic (exact) mass is 160 g/mol. The minimum absolute atomic E-state index is 0.649. The Balaban J connectivity index is 3.04. The standard InChI is InChI=1S/C7H9ClS/c1-5-6(2)9-4-7(5)3-8/h4H,3H2,1-2H3. The van der Waals surface area contributed by atoms with E-state index in [1.54, 1.807) is 11.3 Å². The minimum atomic E-state index is 0.649. The minimum Gasteiger partial charge on any atom is -0.149 e. The first-order chi connectivity index (χ1) is 4.25. The van der Waals surface area contributed by atoms with Gasteiger partial charge in [0.2, 0.25) is 0 Å². The van der Waals surface area contributed by atoms with Gasteiger partial charge in [-0.2, -0.15) is 0 Å². The highest BCUT2D eigenvalue weighted by molar-refractivity contribution is 7.10. The molecule has 0 radical (unpaired) electrons. The summed E-state index contributed by atoms with van der Waals surface area (Å²) in [7, 11) is 0. The summed E-state index contributed by atoms with van der Waals surface area (Å²) >= 11 is 7.42. The van der Waals surface area contributed by atoms with Crippen molar-refractivity contribution in [3.8, 4) is 0 Å². The summed E-state index contributed by atoms with van der Waals surface area (Å²) in [5.74, 6) is 0.649. The third-order valence-electron chi connectivity index (χ3n) is 1.53. The van der Waals surface area contributed by atoms with Crippen LogP contribution in [0.15, 0.2) is 5.38 Å². The van der Waals surface area contributed by atoms with Crippen molar-refractivity contribution < 1.29 is 0 Å². The first-order valence-corrected chi connectivity index (χ1v) is 4.26. The van der Waals surface area contributed by atoms with Crippen LogP contribution in [0.2, 0.25) is 0 Å². The lowest BCUT2D eigenvalue weighted by molar-refractivity contribution is 1.32. The maximum absolute atomic E-state index is 5.65. The fraction of sp³-hybridized carbons (Fsp3) is 0.429. The number of alkyl halides is 1. The fourth-order valence-corrected chi connectivity index (χ4v) is 1.95. The lowest BCUT2D eigenvalue weighted by Crippen LogP contribution is -1.76. The zero-order valence-electron chi connectivity index (χ0n) is 5.57. The van der Waals surface area contributed by atoms with Crippen molar-refractivity contribution in [3.63, 3.8) is 0 Å². The summed E-state index contributed by atoms with van der Waals surface area (Å²) in [5, 5.41) is 2.12. The average Bonchev–Trinajstić information content (AvgIpc) is 2.15. The molecule has 0 saturated heterocycles. The summed E-state index contributed by atoms with van der Waals surface area (Å²) in [6, 6.07) is 0. The molecule has 9 heavy (non-hydrogen) atoms. The summed E-state index contributed by atoms with van der Waals surface area (Å²) in [4.78, 5) is 1.38. The van der Waals surface area contributed by atoms with E-state index in [0.717, 1.165) is 0 Å². The maximum atomic E-state index is 5.65. The molecular weight excluding hydrogens is 152 g/mol. The number of hydrogen-bond acceptors (Lipinski definition) is 1. The zero-order chi connectivity index (χ0) is 6.85. The number of aryl methyl sites for hydroxylation is 1. The quantitative estimate of drug-likeness (QED) is 0.554.